The number of rotatable bonds is 8. The van der Waals surface area contributed by atoms with E-state index in [1.165, 1.54) is 6.92 Å². The molecule has 0 bridgehead atoms. The fourth-order valence-electron chi connectivity index (χ4n) is 3.87. The highest BCUT2D eigenvalue weighted by Gasteiger charge is 2.22. The molecule has 0 amide bonds. The van der Waals surface area contributed by atoms with Crippen LogP contribution in [0.25, 0.3) is 10.9 Å². The van der Waals surface area contributed by atoms with Gasteiger partial charge in [-0.1, -0.05) is 11.6 Å². The molecule has 0 spiro atoms. The summed E-state index contributed by atoms with van der Waals surface area (Å²) in [6, 6.07) is 13.9. The van der Waals surface area contributed by atoms with Gasteiger partial charge in [0, 0.05) is 40.6 Å². The number of carboxylic acid groups (broad SMARTS) is 1. The Morgan fingerprint density at radius 2 is 1.82 bits per heavy atom. The van der Waals surface area contributed by atoms with E-state index in [9.17, 15) is 9.59 Å². The quantitative estimate of drug-likeness (QED) is 0.353. The van der Waals surface area contributed by atoms with Gasteiger partial charge < -0.3 is 19.1 Å². The third-order valence-corrected chi connectivity index (χ3v) is 6.08. The maximum atomic E-state index is 13.5. The predicted octanol–water partition coefficient (Wildman–Crippen LogP) is 5.14. The molecule has 0 unspecified atom stereocenters. The van der Waals surface area contributed by atoms with Crippen LogP contribution < -0.4 is 9.47 Å². The van der Waals surface area contributed by atoms with Crippen molar-refractivity contribution in [2.24, 2.45) is 0 Å². The maximum absolute atomic E-state index is 13.5. The largest absolute Gasteiger partial charge is 0.497 e. The molecule has 2 aromatic carbocycles. The van der Waals surface area contributed by atoms with E-state index in [-0.39, 0.29) is 5.78 Å². The molecule has 0 aliphatic rings. The standard InChI is InChI=1S/C26H23ClN2O5/c1-15-24(25(30)17-4-6-19(33-3)7-5-17)21-13-28-11-10-23(21)29(15)14-18-12-20(8-9-22(18)27)34-16(2)26(31)32/h4-13,16H,14H2,1-3H3,(H,31,32)/t16-/m1/s1. The topological polar surface area (TPSA) is 90.7 Å². The summed E-state index contributed by atoms with van der Waals surface area (Å²) < 4.78 is 12.7. The number of carbonyl (C=O) groups is 2. The van der Waals surface area contributed by atoms with Crippen LogP contribution in [0.4, 0.5) is 0 Å². The fraction of sp³-hybridized carbons (Fsp3) is 0.192. The van der Waals surface area contributed by atoms with E-state index >= 15 is 0 Å². The number of fused-ring (bicyclic) bond motifs is 1. The highest BCUT2D eigenvalue weighted by atomic mass is 35.5. The number of nitrogens with zero attached hydrogens (tertiary/aromatic N) is 2. The lowest BCUT2D eigenvalue weighted by atomic mass is 10.0. The summed E-state index contributed by atoms with van der Waals surface area (Å²) in [5.41, 5.74) is 3.45. The zero-order valence-corrected chi connectivity index (χ0v) is 19.7. The molecule has 8 heteroatoms. The summed E-state index contributed by atoms with van der Waals surface area (Å²) in [7, 11) is 1.58. The molecule has 0 aliphatic carbocycles. The van der Waals surface area contributed by atoms with E-state index in [1.807, 2.05) is 17.6 Å². The van der Waals surface area contributed by atoms with Gasteiger partial charge in [0.15, 0.2) is 11.9 Å². The van der Waals surface area contributed by atoms with Crippen LogP contribution >= 0.6 is 11.6 Å². The first kappa shape index (κ1) is 23.3. The Labute approximate surface area is 201 Å². The molecule has 1 atom stereocenters. The van der Waals surface area contributed by atoms with Gasteiger partial charge in [-0.05, 0) is 67.9 Å². The molecule has 34 heavy (non-hydrogen) atoms. The second kappa shape index (κ2) is 9.57. The van der Waals surface area contributed by atoms with E-state index in [0.29, 0.717) is 34.2 Å². The molecule has 4 aromatic rings. The highest BCUT2D eigenvalue weighted by molar-refractivity contribution is 6.31. The van der Waals surface area contributed by atoms with Crippen LogP contribution in [0.1, 0.15) is 34.1 Å². The molecule has 0 fully saturated rings. The summed E-state index contributed by atoms with van der Waals surface area (Å²) in [5, 5.41) is 10.4. The number of pyridine rings is 1. The summed E-state index contributed by atoms with van der Waals surface area (Å²) in [4.78, 5) is 28.9. The number of carboxylic acids is 1. The van der Waals surface area contributed by atoms with Gasteiger partial charge in [-0.3, -0.25) is 9.78 Å². The normalized spacial score (nSPS) is 11.9. The van der Waals surface area contributed by atoms with E-state index in [2.05, 4.69) is 4.98 Å². The minimum atomic E-state index is -1.06. The van der Waals surface area contributed by atoms with Gasteiger partial charge in [0.2, 0.25) is 0 Å². The summed E-state index contributed by atoms with van der Waals surface area (Å²) in [5.74, 6) is -0.0979. The summed E-state index contributed by atoms with van der Waals surface area (Å²) in [6.07, 6.45) is 2.36. The predicted molar refractivity (Wildman–Crippen MR) is 129 cm³/mol. The number of ketones is 1. The molecule has 0 saturated heterocycles. The van der Waals surface area contributed by atoms with Gasteiger partial charge in [0.05, 0.1) is 18.2 Å². The Morgan fingerprint density at radius 3 is 2.50 bits per heavy atom. The van der Waals surface area contributed by atoms with Gasteiger partial charge in [-0.25, -0.2) is 4.79 Å². The van der Waals surface area contributed by atoms with Crippen LogP contribution in [0, 0.1) is 6.92 Å². The molecule has 7 nitrogen and oxygen atoms in total. The van der Waals surface area contributed by atoms with Crippen LogP contribution in [-0.4, -0.2) is 39.6 Å². The van der Waals surface area contributed by atoms with Crippen LogP contribution in [0.3, 0.4) is 0 Å². The first-order valence-corrected chi connectivity index (χ1v) is 11.0. The minimum Gasteiger partial charge on any atom is -0.497 e. The van der Waals surface area contributed by atoms with Crippen LogP contribution in [-0.2, 0) is 11.3 Å². The van der Waals surface area contributed by atoms with Crippen LogP contribution in [0.5, 0.6) is 11.5 Å². The van der Waals surface area contributed by atoms with Crippen molar-refractivity contribution in [3.05, 3.63) is 88.3 Å². The van der Waals surface area contributed by atoms with Crippen LogP contribution in [0.2, 0.25) is 5.02 Å². The number of aliphatic carboxylic acids is 1. The Morgan fingerprint density at radius 1 is 1.12 bits per heavy atom. The first-order valence-electron chi connectivity index (χ1n) is 10.6. The zero-order chi connectivity index (χ0) is 24.4. The van der Waals surface area contributed by atoms with Gasteiger partial charge in [0.25, 0.3) is 0 Å². The molecule has 4 rings (SSSR count). The number of aromatic nitrogens is 2. The Kier molecular flexibility index (Phi) is 6.56. The average Bonchev–Trinajstić information content (AvgIpc) is 3.11. The van der Waals surface area contributed by atoms with Crippen molar-refractivity contribution in [3.63, 3.8) is 0 Å². The van der Waals surface area contributed by atoms with Crippen molar-refractivity contribution >= 4 is 34.3 Å². The molecule has 0 aliphatic heterocycles. The number of benzene rings is 2. The molecule has 1 N–H and O–H groups in total. The second-order valence-electron chi connectivity index (χ2n) is 7.85. The monoisotopic (exact) mass is 478 g/mol. The van der Waals surface area contributed by atoms with Gasteiger partial charge >= 0.3 is 5.97 Å². The molecule has 174 valence electrons. The number of carbonyl (C=O) groups excluding carboxylic acids is 1. The highest BCUT2D eigenvalue weighted by Crippen LogP contribution is 2.31. The summed E-state index contributed by atoms with van der Waals surface area (Å²) in [6.45, 7) is 3.71. The molecule has 2 heterocycles. The Hall–Kier alpha value is -3.84. The molecule has 0 radical (unpaired) electrons. The van der Waals surface area contributed by atoms with E-state index in [0.717, 1.165) is 22.2 Å². The second-order valence-corrected chi connectivity index (χ2v) is 8.26. The average molecular weight is 479 g/mol. The van der Waals surface area contributed by atoms with Crippen molar-refractivity contribution in [3.8, 4) is 11.5 Å². The van der Waals surface area contributed by atoms with Crippen molar-refractivity contribution in [1.29, 1.82) is 0 Å². The number of ether oxygens (including phenoxy) is 2. The SMILES string of the molecule is COc1ccc(C(=O)c2c(C)n(Cc3cc(O[C@H](C)C(=O)O)ccc3Cl)c3ccncc23)cc1. The number of halogens is 1. The molecular weight excluding hydrogens is 456 g/mol. The lowest BCUT2D eigenvalue weighted by molar-refractivity contribution is -0.144. The van der Waals surface area contributed by atoms with E-state index < -0.39 is 12.1 Å². The van der Waals surface area contributed by atoms with Gasteiger partial charge in [-0.2, -0.15) is 0 Å². The van der Waals surface area contributed by atoms with Crippen molar-refractivity contribution < 1.29 is 24.2 Å². The molecule has 0 saturated carbocycles. The molecular formula is C26H23ClN2O5. The fourth-order valence-corrected chi connectivity index (χ4v) is 4.05. The lowest BCUT2D eigenvalue weighted by Gasteiger charge is -2.14. The van der Waals surface area contributed by atoms with Gasteiger partial charge in [0.1, 0.15) is 11.5 Å². The zero-order valence-electron chi connectivity index (χ0n) is 18.9. The lowest BCUT2D eigenvalue weighted by Crippen LogP contribution is -2.22. The van der Waals surface area contributed by atoms with Gasteiger partial charge in [-0.15, -0.1) is 0 Å². The summed E-state index contributed by atoms with van der Waals surface area (Å²) >= 11 is 6.47. The first-order chi connectivity index (χ1) is 16.3. The minimum absolute atomic E-state index is 0.115. The maximum Gasteiger partial charge on any atom is 0.344 e. The number of hydrogen-bond acceptors (Lipinski definition) is 5. The third kappa shape index (κ3) is 4.47. The van der Waals surface area contributed by atoms with E-state index in [4.69, 9.17) is 26.2 Å². The molecule has 2 aromatic heterocycles. The smallest absolute Gasteiger partial charge is 0.344 e. The van der Waals surface area contributed by atoms with Crippen molar-refractivity contribution in [2.75, 3.05) is 7.11 Å². The third-order valence-electron chi connectivity index (χ3n) is 5.71. The Balaban J connectivity index is 1.76. The van der Waals surface area contributed by atoms with Crippen molar-refractivity contribution in [1.82, 2.24) is 9.55 Å². The van der Waals surface area contributed by atoms with E-state index in [1.54, 1.807) is 62.0 Å². The Bertz CT molecular complexity index is 1380. The number of hydrogen-bond donors (Lipinski definition) is 1. The van der Waals surface area contributed by atoms with Crippen molar-refractivity contribution in [2.45, 2.75) is 26.5 Å². The van der Waals surface area contributed by atoms with Crippen LogP contribution in [0.15, 0.2) is 60.9 Å². The number of methoxy groups -OCH3 is 1.